The summed E-state index contributed by atoms with van der Waals surface area (Å²) in [7, 11) is 0. The van der Waals surface area contributed by atoms with Gasteiger partial charge in [0, 0.05) is 6.54 Å². The van der Waals surface area contributed by atoms with Gasteiger partial charge in [-0.25, -0.2) is 4.98 Å². The minimum Gasteiger partial charge on any atom is -0.310 e. The molecule has 1 N–H and O–H groups in total. The van der Waals surface area contributed by atoms with Gasteiger partial charge >= 0.3 is 0 Å². The van der Waals surface area contributed by atoms with Gasteiger partial charge in [-0.3, -0.25) is 0 Å². The van der Waals surface area contributed by atoms with Crippen molar-refractivity contribution in [3.05, 3.63) is 27.7 Å². The van der Waals surface area contributed by atoms with Crippen molar-refractivity contribution in [3.63, 3.8) is 0 Å². The third-order valence-corrected chi connectivity index (χ3v) is 3.73. The Bertz CT molecular complexity index is 335. The van der Waals surface area contributed by atoms with Crippen LogP contribution in [0.5, 0.6) is 0 Å². The van der Waals surface area contributed by atoms with Gasteiger partial charge in [0.15, 0.2) is 0 Å². The molecule has 0 aliphatic heterocycles. The largest absolute Gasteiger partial charge is 0.310 e. The molecule has 0 bridgehead atoms. The van der Waals surface area contributed by atoms with E-state index in [1.165, 1.54) is 19.3 Å². The van der Waals surface area contributed by atoms with Crippen molar-refractivity contribution in [2.75, 3.05) is 6.54 Å². The monoisotopic (exact) mass is 242 g/mol. The van der Waals surface area contributed by atoms with Crippen LogP contribution in [-0.4, -0.2) is 11.5 Å². The topological polar surface area (TPSA) is 24.9 Å². The van der Waals surface area contributed by atoms with Crippen LogP contribution in [0.15, 0.2) is 18.3 Å². The summed E-state index contributed by atoms with van der Waals surface area (Å²) >= 11 is 7.36. The molecule has 0 amide bonds. The van der Waals surface area contributed by atoms with Gasteiger partial charge in [-0.15, -0.1) is 11.3 Å². The third-order valence-electron chi connectivity index (χ3n) is 2.61. The number of hydrogen-bond donors (Lipinski definition) is 1. The second-order valence-electron chi connectivity index (χ2n) is 3.84. The van der Waals surface area contributed by atoms with Gasteiger partial charge in [0.1, 0.15) is 9.34 Å². The second kappa shape index (κ2) is 5.64. The van der Waals surface area contributed by atoms with Crippen molar-refractivity contribution >= 4 is 22.9 Å². The van der Waals surface area contributed by atoms with Gasteiger partial charge in [-0.05, 0) is 31.7 Å². The molecule has 0 saturated carbocycles. The van der Waals surface area contributed by atoms with E-state index >= 15 is 0 Å². The van der Waals surface area contributed by atoms with Crippen LogP contribution in [0.2, 0.25) is 4.34 Å². The van der Waals surface area contributed by atoms with Crippen LogP contribution in [-0.2, 0) is 6.54 Å². The van der Waals surface area contributed by atoms with Gasteiger partial charge in [-0.1, -0.05) is 23.8 Å². The average molecular weight is 243 g/mol. The SMILES string of the molecule is Clc1cnc(CNCC2CC=CCC2)s1. The fraction of sp³-hybridized carbons (Fsp3) is 0.545. The number of thiazole rings is 1. The first-order valence-electron chi connectivity index (χ1n) is 5.30. The first-order chi connectivity index (χ1) is 7.34. The maximum Gasteiger partial charge on any atom is 0.113 e. The van der Waals surface area contributed by atoms with Gasteiger partial charge in [0.05, 0.1) is 6.20 Å². The van der Waals surface area contributed by atoms with Crippen LogP contribution in [0.4, 0.5) is 0 Å². The second-order valence-corrected chi connectivity index (χ2v) is 5.59. The molecule has 4 heteroatoms. The summed E-state index contributed by atoms with van der Waals surface area (Å²) in [6, 6.07) is 0. The summed E-state index contributed by atoms with van der Waals surface area (Å²) in [6.07, 6.45) is 10.0. The summed E-state index contributed by atoms with van der Waals surface area (Å²) in [5.41, 5.74) is 0. The van der Waals surface area contributed by atoms with E-state index in [-0.39, 0.29) is 0 Å². The van der Waals surface area contributed by atoms with Crippen LogP contribution in [0.1, 0.15) is 24.3 Å². The van der Waals surface area contributed by atoms with E-state index in [1.54, 1.807) is 17.5 Å². The molecule has 0 radical (unpaired) electrons. The zero-order valence-corrected chi connectivity index (χ0v) is 10.2. The maximum absolute atomic E-state index is 5.81. The summed E-state index contributed by atoms with van der Waals surface area (Å²) in [5.74, 6) is 0.797. The predicted octanol–water partition coefficient (Wildman–Crippen LogP) is 3.24. The molecule has 1 aromatic rings. The molecule has 1 atom stereocenters. The van der Waals surface area contributed by atoms with E-state index in [2.05, 4.69) is 22.5 Å². The van der Waals surface area contributed by atoms with Crippen molar-refractivity contribution in [1.82, 2.24) is 10.3 Å². The average Bonchev–Trinajstić information content (AvgIpc) is 2.66. The molecule has 0 spiro atoms. The minimum absolute atomic E-state index is 0.771. The predicted molar refractivity (Wildman–Crippen MR) is 65.3 cm³/mol. The highest BCUT2D eigenvalue weighted by Crippen LogP contribution is 2.19. The lowest BCUT2D eigenvalue weighted by atomic mass is 9.94. The fourth-order valence-electron chi connectivity index (χ4n) is 1.79. The summed E-state index contributed by atoms with van der Waals surface area (Å²) in [5, 5.41) is 4.52. The smallest absolute Gasteiger partial charge is 0.113 e. The minimum atomic E-state index is 0.771. The van der Waals surface area contributed by atoms with E-state index in [9.17, 15) is 0 Å². The number of nitrogens with zero attached hydrogens (tertiary/aromatic N) is 1. The number of nitrogens with one attached hydrogen (secondary N) is 1. The Hall–Kier alpha value is -0.380. The normalized spacial score (nSPS) is 20.7. The molecule has 15 heavy (non-hydrogen) atoms. The van der Waals surface area contributed by atoms with Gasteiger partial charge < -0.3 is 5.32 Å². The van der Waals surface area contributed by atoms with Gasteiger partial charge in [0.25, 0.3) is 0 Å². The van der Waals surface area contributed by atoms with Crippen molar-refractivity contribution in [2.45, 2.75) is 25.8 Å². The van der Waals surface area contributed by atoms with Crippen LogP contribution >= 0.6 is 22.9 Å². The summed E-state index contributed by atoms with van der Waals surface area (Å²) < 4.78 is 0.771. The van der Waals surface area contributed by atoms with Crippen molar-refractivity contribution in [3.8, 4) is 0 Å². The highest BCUT2D eigenvalue weighted by Gasteiger charge is 2.09. The quantitative estimate of drug-likeness (QED) is 0.820. The van der Waals surface area contributed by atoms with Crippen molar-refractivity contribution in [2.24, 2.45) is 5.92 Å². The molecule has 1 aromatic heterocycles. The Labute approximate surface area is 99.4 Å². The molecular formula is C11H15ClN2S. The number of hydrogen-bond acceptors (Lipinski definition) is 3. The zero-order valence-electron chi connectivity index (χ0n) is 8.58. The summed E-state index contributed by atoms with van der Waals surface area (Å²) in [6.45, 7) is 1.93. The molecule has 1 aliphatic carbocycles. The Balaban J connectivity index is 1.68. The molecular weight excluding hydrogens is 228 g/mol. The van der Waals surface area contributed by atoms with Gasteiger partial charge in [0.2, 0.25) is 0 Å². The number of rotatable bonds is 4. The summed E-state index contributed by atoms with van der Waals surface area (Å²) in [4.78, 5) is 4.21. The van der Waals surface area contributed by atoms with Gasteiger partial charge in [-0.2, -0.15) is 0 Å². The molecule has 1 unspecified atom stereocenters. The fourth-order valence-corrected chi connectivity index (χ4v) is 2.72. The number of halogens is 1. The first-order valence-corrected chi connectivity index (χ1v) is 6.50. The molecule has 2 nitrogen and oxygen atoms in total. The van der Waals surface area contributed by atoms with E-state index in [0.29, 0.717) is 0 Å². The number of allylic oxidation sites excluding steroid dienone is 2. The Morgan fingerprint density at radius 2 is 2.47 bits per heavy atom. The maximum atomic E-state index is 5.81. The Morgan fingerprint density at radius 1 is 1.53 bits per heavy atom. The Kier molecular flexibility index (Phi) is 4.18. The molecule has 1 aliphatic rings. The number of aromatic nitrogens is 1. The van der Waals surface area contributed by atoms with E-state index in [1.807, 2.05) is 0 Å². The molecule has 0 saturated heterocycles. The van der Waals surface area contributed by atoms with Crippen LogP contribution in [0.25, 0.3) is 0 Å². The van der Waals surface area contributed by atoms with Crippen LogP contribution in [0, 0.1) is 5.92 Å². The molecule has 82 valence electrons. The van der Waals surface area contributed by atoms with E-state index in [4.69, 9.17) is 11.6 Å². The Morgan fingerprint density at radius 3 is 3.13 bits per heavy atom. The lowest BCUT2D eigenvalue weighted by Crippen LogP contribution is -2.23. The van der Waals surface area contributed by atoms with Crippen LogP contribution in [0.3, 0.4) is 0 Å². The standard InChI is InChI=1S/C11H15ClN2S/c12-10-7-14-11(15-10)8-13-6-9-4-2-1-3-5-9/h1-2,7,9,13H,3-6,8H2. The zero-order chi connectivity index (χ0) is 10.5. The first kappa shape index (κ1) is 11.1. The van der Waals surface area contributed by atoms with Crippen molar-refractivity contribution < 1.29 is 0 Å². The molecule has 0 aromatic carbocycles. The lowest BCUT2D eigenvalue weighted by Gasteiger charge is -2.17. The molecule has 2 rings (SSSR count). The van der Waals surface area contributed by atoms with Crippen LogP contribution < -0.4 is 5.32 Å². The third kappa shape index (κ3) is 3.59. The highest BCUT2D eigenvalue weighted by molar-refractivity contribution is 7.15. The van der Waals surface area contributed by atoms with Crippen molar-refractivity contribution in [1.29, 1.82) is 0 Å². The lowest BCUT2D eigenvalue weighted by molar-refractivity contribution is 0.440. The molecule has 0 fully saturated rings. The highest BCUT2D eigenvalue weighted by atomic mass is 35.5. The molecule has 1 heterocycles. The van der Waals surface area contributed by atoms with E-state index in [0.717, 1.165) is 28.4 Å². The van der Waals surface area contributed by atoms with E-state index < -0.39 is 0 Å².